The summed E-state index contributed by atoms with van der Waals surface area (Å²) in [5.74, 6) is -0.929. The van der Waals surface area contributed by atoms with E-state index in [9.17, 15) is 14.4 Å². The molecule has 1 saturated heterocycles. The molecule has 9 heteroatoms. The van der Waals surface area contributed by atoms with Gasteiger partial charge in [0.05, 0.1) is 11.4 Å². The molecule has 1 heterocycles. The predicted octanol–water partition coefficient (Wildman–Crippen LogP) is 2.77. The van der Waals surface area contributed by atoms with Gasteiger partial charge in [0, 0.05) is 19.0 Å². The zero-order valence-corrected chi connectivity index (χ0v) is 16.3. The number of amides is 3. The van der Waals surface area contributed by atoms with E-state index in [0.717, 1.165) is 16.7 Å². The molecule has 2 aromatic carbocycles. The van der Waals surface area contributed by atoms with Crippen molar-refractivity contribution in [1.29, 1.82) is 5.26 Å². The number of carbonyl (C=O) groups excluding carboxylic acids is 3. The smallest absolute Gasteiger partial charge is 0.247 e. The molecule has 1 aliphatic rings. The first-order valence-electron chi connectivity index (χ1n) is 8.68. The van der Waals surface area contributed by atoms with Gasteiger partial charge in [0.25, 0.3) is 0 Å². The monoisotopic (exact) mass is 407 g/mol. The summed E-state index contributed by atoms with van der Waals surface area (Å²) in [6.45, 7) is 1.40. The first-order chi connectivity index (χ1) is 14.0. The summed E-state index contributed by atoms with van der Waals surface area (Å²) in [4.78, 5) is 41.8. The second kappa shape index (κ2) is 9.03. The number of nitrogens with zero attached hydrogens (tertiary/aromatic N) is 3. The summed E-state index contributed by atoms with van der Waals surface area (Å²) in [5, 5.41) is 13.6. The van der Waals surface area contributed by atoms with Crippen LogP contribution in [0.2, 0.25) is 0 Å². The van der Waals surface area contributed by atoms with Gasteiger partial charge in [-0.3, -0.25) is 19.7 Å². The minimum absolute atomic E-state index is 0.00212. The third kappa shape index (κ3) is 5.00. The highest BCUT2D eigenvalue weighted by Crippen LogP contribution is 2.31. The molecule has 0 bridgehead atoms. The van der Waals surface area contributed by atoms with Crippen LogP contribution in [0.4, 0.5) is 17.1 Å². The largest absolute Gasteiger partial charge is 0.326 e. The number of carbonyl (C=O) groups is 3. The zero-order valence-electron chi connectivity index (χ0n) is 15.5. The Morgan fingerprint density at radius 3 is 2.48 bits per heavy atom. The molecule has 1 fully saturated rings. The Morgan fingerprint density at radius 2 is 1.86 bits per heavy atom. The zero-order chi connectivity index (χ0) is 20.8. The van der Waals surface area contributed by atoms with Crippen LogP contribution in [0, 0.1) is 11.5 Å². The van der Waals surface area contributed by atoms with Crippen molar-refractivity contribution in [3.05, 3.63) is 54.6 Å². The molecule has 0 aliphatic carbocycles. The lowest BCUT2D eigenvalue weighted by Gasteiger charge is -2.15. The minimum Gasteiger partial charge on any atom is -0.326 e. The highest BCUT2D eigenvalue weighted by atomic mass is 32.2. The van der Waals surface area contributed by atoms with E-state index < -0.39 is 5.25 Å². The van der Waals surface area contributed by atoms with Crippen molar-refractivity contribution in [2.45, 2.75) is 18.6 Å². The van der Waals surface area contributed by atoms with Crippen molar-refractivity contribution < 1.29 is 14.4 Å². The SMILES string of the molecule is CC(=O)Nc1ccc(N2C(=O)C[C@@H](SC(=Nc3ccccc3)NC#N)C2=O)cc1. The number of hydrogen-bond acceptors (Lipinski definition) is 6. The summed E-state index contributed by atoms with van der Waals surface area (Å²) in [7, 11) is 0. The Kier molecular flexibility index (Phi) is 6.26. The van der Waals surface area contributed by atoms with E-state index in [-0.39, 0.29) is 29.3 Å². The van der Waals surface area contributed by atoms with Crippen molar-refractivity contribution in [2.75, 3.05) is 10.2 Å². The van der Waals surface area contributed by atoms with Crippen LogP contribution in [-0.2, 0) is 14.4 Å². The highest BCUT2D eigenvalue weighted by molar-refractivity contribution is 8.15. The van der Waals surface area contributed by atoms with Gasteiger partial charge in [0.15, 0.2) is 11.4 Å². The van der Waals surface area contributed by atoms with E-state index in [1.54, 1.807) is 42.6 Å². The van der Waals surface area contributed by atoms with Gasteiger partial charge in [-0.1, -0.05) is 30.0 Å². The van der Waals surface area contributed by atoms with Crippen LogP contribution in [0.25, 0.3) is 0 Å². The molecule has 0 aromatic heterocycles. The fraction of sp³-hybridized carbons (Fsp3) is 0.150. The predicted molar refractivity (Wildman–Crippen MR) is 112 cm³/mol. The van der Waals surface area contributed by atoms with Crippen LogP contribution in [0.3, 0.4) is 0 Å². The van der Waals surface area contributed by atoms with E-state index in [2.05, 4.69) is 15.6 Å². The lowest BCUT2D eigenvalue weighted by molar-refractivity contribution is -0.121. The molecule has 2 N–H and O–H groups in total. The van der Waals surface area contributed by atoms with Crippen LogP contribution in [-0.4, -0.2) is 28.1 Å². The van der Waals surface area contributed by atoms with E-state index in [1.807, 2.05) is 18.2 Å². The van der Waals surface area contributed by atoms with Crippen molar-refractivity contribution in [2.24, 2.45) is 4.99 Å². The van der Waals surface area contributed by atoms with Crippen LogP contribution in [0.15, 0.2) is 59.6 Å². The van der Waals surface area contributed by atoms with Crippen molar-refractivity contribution >= 4 is 51.7 Å². The maximum absolute atomic E-state index is 12.8. The van der Waals surface area contributed by atoms with Crippen LogP contribution >= 0.6 is 11.8 Å². The Bertz CT molecular complexity index is 999. The van der Waals surface area contributed by atoms with Crippen molar-refractivity contribution in [3.8, 4) is 6.19 Å². The third-order valence-corrected chi connectivity index (χ3v) is 5.02. The third-order valence-electron chi connectivity index (χ3n) is 3.95. The number of benzene rings is 2. The fourth-order valence-corrected chi connectivity index (χ4v) is 3.71. The van der Waals surface area contributed by atoms with Gasteiger partial charge >= 0.3 is 0 Å². The van der Waals surface area contributed by atoms with E-state index in [4.69, 9.17) is 5.26 Å². The van der Waals surface area contributed by atoms with Gasteiger partial charge in [-0.05, 0) is 36.4 Å². The molecular formula is C20H17N5O3S. The van der Waals surface area contributed by atoms with Crippen LogP contribution in [0.1, 0.15) is 13.3 Å². The molecule has 8 nitrogen and oxygen atoms in total. The second-order valence-corrected chi connectivity index (χ2v) is 7.29. The number of rotatable bonds is 4. The molecule has 0 radical (unpaired) electrons. The van der Waals surface area contributed by atoms with Crippen molar-refractivity contribution in [1.82, 2.24) is 5.32 Å². The molecule has 0 unspecified atom stereocenters. The number of anilines is 2. The average molecular weight is 407 g/mol. The number of aliphatic imine (C=N–C) groups is 1. The summed E-state index contributed by atoms with van der Waals surface area (Å²) < 4.78 is 0. The van der Waals surface area contributed by atoms with Gasteiger partial charge in [0.2, 0.25) is 17.7 Å². The number of nitriles is 1. The van der Waals surface area contributed by atoms with Crippen molar-refractivity contribution in [3.63, 3.8) is 0 Å². The number of imide groups is 1. The second-order valence-electron chi connectivity index (χ2n) is 6.10. The molecular weight excluding hydrogens is 390 g/mol. The van der Waals surface area contributed by atoms with Gasteiger partial charge < -0.3 is 5.32 Å². The van der Waals surface area contributed by atoms with E-state index in [0.29, 0.717) is 17.1 Å². The molecule has 3 rings (SSSR count). The lowest BCUT2D eigenvalue weighted by Crippen LogP contribution is -2.32. The quantitative estimate of drug-likeness (QED) is 0.265. The topological polar surface area (TPSA) is 115 Å². The van der Waals surface area contributed by atoms with Crippen LogP contribution in [0.5, 0.6) is 0 Å². The molecule has 146 valence electrons. The Labute approximate surface area is 171 Å². The number of nitrogens with one attached hydrogen (secondary N) is 2. The average Bonchev–Trinajstić information content (AvgIpc) is 2.96. The molecule has 0 saturated carbocycles. The standard InChI is InChI=1S/C20H17N5O3S/c1-13(26)23-15-7-9-16(10-8-15)25-18(27)11-17(19(25)28)29-20(22-12-21)24-14-5-3-2-4-6-14/h2-10,17H,11H2,1H3,(H,22,24)(H,23,26)/t17-/m1/s1. The summed E-state index contributed by atoms with van der Waals surface area (Å²) in [6, 6.07) is 15.4. The molecule has 1 atom stereocenters. The number of para-hydroxylation sites is 1. The Morgan fingerprint density at radius 1 is 1.17 bits per heavy atom. The molecule has 3 amide bonds. The minimum atomic E-state index is -0.694. The Balaban J connectivity index is 1.76. The number of thioether (sulfide) groups is 1. The fourth-order valence-electron chi connectivity index (χ4n) is 2.75. The highest BCUT2D eigenvalue weighted by Gasteiger charge is 2.40. The molecule has 2 aromatic rings. The summed E-state index contributed by atoms with van der Waals surface area (Å²) in [6.07, 6.45) is 1.80. The number of amidine groups is 1. The van der Waals surface area contributed by atoms with Gasteiger partial charge in [-0.15, -0.1) is 0 Å². The number of hydrogen-bond donors (Lipinski definition) is 2. The molecule has 29 heavy (non-hydrogen) atoms. The van der Waals surface area contributed by atoms with Gasteiger partial charge in [0.1, 0.15) is 5.25 Å². The maximum atomic E-state index is 12.8. The first kappa shape index (κ1) is 20.1. The van der Waals surface area contributed by atoms with E-state index in [1.165, 1.54) is 6.92 Å². The Hall–Kier alpha value is -3.64. The summed E-state index contributed by atoms with van der Waals surface area (Å²) in [5.41, 5.74) is 1.62. The first-order valence-corrected chi connectivity index (χ1v) is 9.56. The summed E-state index contributed by atoms with van der Waals surface area (Å²) >= 11 is 1.04. The molecule has 1 aliphatic heterocycles. The van der Waals surface area contributed by atoms with Gasteiger partial charge in [-0.25, -0.2) is 9.89 Å². The van der Waals surface area contributed by atoms with Gasteiger partial charge in [-0.2, -0.15) is 5.26 Å². The lowest BCUT2D eigenvalue weighted by atomic mass is 10.2. The normalized spacial score (nSPS) is 16.5. The molecule has 0 spiro atoms. The van der Waals surface area contributed by atoms with E-state index >= 15 is 0 Å². The maximum Gasteiger partial charge on any atom is 0.247 e. The van der Waals surface area contributed by atoms with Crippen LogP contribution < -0.4 is 15.5 Å².